The first-order valence-electron chi connectivity index (χ1n) is 5.95. The maximum Gasteiger partial charge on any atom is 0.100 e. The quantitative estimate of drug-likeness (QED) is 0.660. The number of aryl methyl sites for hydroxylation is 2. The molecule has 3 nitrogen and oxygen atoms in total. The van der Waals surface area contributed by atoms with Crippen molar-refractivity contribution in [2.75, 3.05) is 5.73 Å². The van der Waals surface area contributed by atoms with Crippen molar-refractivity contribution in [2.45, 2.75) is 13.8 Å². The first-order valence-corrected chi connectivity index (χ1v) is 5.95. The van der Waals surface area contributed by atoms with E-state index in [9.17, 15) is 0 Å². The number of nitrogen functional groups attached to an aromatic ring is 1. The van der Waals surface area contributed by atoms with Crippen LogP contribution in [-0.2, 0) is 0 Å². The number of aromatic nitrogens is 2. The van der Waals surface area contributed by atoms with E-state index < -0.39 is 0 Å². The lowest BCUT2D eigenvalue weighted by molar-refractivity contribution is 1.09. The number of nitrogens with zero attached hydrogens (tertiary/aromatic N) is 2. The lowest BCUT2D eigenvalue weighted by Crippen LogP contribution is -1.93. The molecule has 0 unspecified atom stereocenters. The molecule has 0 aliphatic rings. The minimum Gasteiger partial charge on any atom is -0.399 e. The molecule has 0 saturated carbocycles. The van der Waals surface area contributed by atoms with Crippen molar-refractivity contribution in [3.8, 4) is 5.69 Å². The molecule has 18 heavy (non-hydrogen) atoms. The Kier molecular flexibility index (Phi) is 2.33. The Bertz CT molecular complexity index is 708. The molecule has 0 aliphatic carbocycles. The first kappa shape index (κ1) is 10.8. The van der Waals surface area contributed by atoms with Crippen LogP contribution in [0.25, 0.3) is 16.7 Å². The van der Waals surface area contributed by atoms with Crippen LogP contribution in [0.2, 0.25) is 0 Å². The highest BCUT2D eigenvalue weighted by molar-refractivity contribution is 5.79. The Balaban J connectivity index is 2.23. The number of nitrogens with two attached hydrogens (primary N) is 1. The predicted molar refractivity (Wildman–Crippen MR) is 75.0 cm³/mol. The molecule has 3 aromatic rings. The van der Waals surface area contributed by atoms with E-state index >= 15 is 0 Å². The Hall–Kier alpha value is -2.29. The molecule has 0 fully saturated rings. The number of benzene rings is 2. The van der Waals surface area contributed by atoms with E-state index in [2.05, 4.69) is 35.5 Å². The minimum atomic E-state index is 0.773. The number of imidazole rings is 1. The number of anilines is 1. The van der Waals surface area contributed by atoms with Crippen molar-refractivity contribution >= 4 is 16.7 Å². The van der Waals surface area contributed by atoms with Crippen LogP contribution in [-0.4, -0.2) is 9.55 Å². The highest BCUT2D eigenvalue weighted by atomic mass is 15.0. The lowest BCUT2D eigenvalue weighted by atomic mass is 10.1. The standard InChI is InChI=1S/C15H15N3/c1-10-7-14-15(8-11(10)2)18(9-17-14)13-5-3-12(16)4-6-13/h3-9H,16H2,1-2H3. The fourth-order valence-corrected chi connectivity index (χ4v) is 2.10. The molecule has 2 aromatic carbocycles. The maximum atomic E-state index is 5.71. The van der Waals surface area contributed by atoms with Crippen molar-refractivity contribution in [1.82, 2.24) is 9.55 Å². The van der Waals surface area contributed by atoms with Gasteiger partial charge in [0.2, 0.25) is 0 Å². The van der Waals surface area contributed by atoms with Gasteiger partial charge in [-0.2, -0.15) is 0 Å². The topological polar surface area (TPSA) is 43.8 Å². The number of hydrogen-bond acceptors (Lipinski definition) is 2. The van der Waals surface area contributed by atoms with Crippen LogP contribution in [0.1, 0.15) is 11.1 Å². The second-order valence-corrected chi connectivity index (χ2v) is 4.63. The van der Waals surface area contributed by atoms with E-state index in [1.807, 2.05) is 30.6 Å². The summed E-state index contributed by atoms with van der Waals surface area (Å²) in [5, 5.41) is 0. The third kappa shape index (κ3) is 1.64. The van der Waals surface area contributed by atoms with Gasteiger partial charge in [-0.15, -0.1) is 0 Å². The second-order valence-electron chi connectivity index (χ2n) is 4.63. The van der Waals surface area contributed by atoms with Crippen molar-refractivity contribution in [2.24, 2.45) is 0 Å². The van der Waals surface area contributed by atoms with Gasteiger partial charge in [-0.3, -0.25) is 4.57 Å². The molecule has 0 saturated heterocycles. The molecule has 3 heteroatoms. The zero-order chi connectivity index (χ0) is 12.7. The fraction of sp³-hybridized carbons (Fsp3) is 0.133. The van der Waals surface area contributed by atoms with E-state index in [1.54, 1.807) is 0 Å². The van der Waals surface area contributed by atoms with Crippen LogP contribution < -0.4 is 5.73 Å². The van der Waals surface area contributed by atoms with Gasteiger partial charge in [-0.1, -0.05) is 0 Å². The fourth-order valence-electron chi connectivity index (χ4n) is 2.10. The van der Waals surface area contributed by atoms with E-state index in [0.29, 0.717) is 0 Å². The van der Waals surface area contributed by atoms with Gasteiger partial charge in [0.05, 0.1) is 11.0 Å². The summed E-state index contributed by atoms with van der Waals surface area (Å²) in [5.41, 5.74) is 12.3. The van der Waals surface area contributed by atoms with Crippen molar-refractivity contribution in [1.29, 1.82) is 0 Å². The number of hydrogen-bond donors (Lipinski definition) is 1. The van der Waals surface area contributed by atoms with Gasteiger partial charge in [0.1, 0.15) is 6.33 Å². The summed E-state index contributed by atoms with van der Waals surface area (Å²) >= 11 is 0. The molecule has 0 bridgehead atoms. The molecule has 1 aromatic heterocycles. The monoisotopic (exact) mass is 237 g/mol. The highest BCUT2D eigenvalue weighted by Gasteiger charge is 2.06. The summed E-state index contributed by atoms with van der Waals surface area (Å²) in [6.07, 6.45) is 1.86. The third-order valence-electron chi connectivity index (χ3n) is 3.33. The number of rotatable bonds is 1. The van der Waals surface area contributed by atoms with Gasteiger partial charge in [0, 0.05) is 11.4 Å². The lowest BCUT2D eigenvalue weighted by Gasteiger charge is -2.06. The maximum absolute atomic E-state index is 5.71. The van der Waals surface area contributed by atoms with Crippen LogP contribution in [0.5, 0.6) is 0 Å². The van der Waals surface area contributed by atoms with Gasteiger partial charge < -0.3 is 5.73 Å². The van der Waals surface area contributed by atoms with E-state index in [4.69, 9.17) is 5.73 Å². The molecule has 0 amide bonds. The van der Waals surface area contributed by atoms with E-state index in [0.717, 1.165) is 22.4 Å². The van der Waals surface area contributed by atoms with Crippen molar-refractivity contribution < 1.29 is 0 Å². The predicted octanol–water partition coefficient (Wildman–Crippen LogP) is 3.22. The van der Waals surface area contributed by atoms with Crippen molar-refractivity contribution in [3.05, 3.63) is 53.9 Å². The van der Waals surface area contributed by atoms with Crippen LogP contribution in [0.4, 0.5) is 5.69 Å². The molecular formula is C15H15N3. The summed E-state index contributed by atoms with van der Waals surface area (Å²) in [5.74, 6) is 0. The smallest absolute Gasteiger partial charge is 0.100 e. The third-order valence-corrected chi connectivity index (χ3v) is 3.33. The Labute approximate surface area is 106 Å². The van der Waals surface area contributed by atoms with E-state index in [-0.39, 0.29) is 0 Å². The summed E-state index contributed by atoms with van der Waals surface area (Å²) in [7, 11) is 0. The largest absolute Gasteiger partial charge is 0.399 e. The molecule has 0 spiro atoms. The van der Waals surface area contributed by atoms with Crippen LogP contribution >= 0.6 is 0 Å². The van der Waals surface area contributed by atoms with Gasteiger partial charge >= 0.3 is 0 Å². The summed E-state index contributed by atoms with van der Waals surface area (Å²) in [6, 6.07) is 12.1. The Morgan fingerprint density at radius 2 is 1.67 bits per heavy atom. The summed E-state index contributed by atoms with van der Waals surface area (Å²) in [6.45, 7) is 4.23. The van der Waals surface area contributed by atoms with Crippen LogP contribution in [0.3, 0.4) is 0 Å². The first-order chi connectivity index (χ1) is 8.65. The summed E-state index contributed by atoms with van der Waals surface area (Å²) < 4.78 is 2.08. The molecule has 0 aliphatic heterocycles. The van der Waals surface area contributed by atoms with Crippen molar-refractivity contribution in [3.63, 3.8) is 0 Å². The second kappa shape index (κ2) is 3.88. The zero-order valence-electron chi connectivity index (χ0n) is 10.5. The molecule has 3 rings (SSSR count). The highest BCUT2D eigenvalue weighted by Crippen LogP contribution is 2.22. The summed E-state index contributed by atoms with van der Waals surface area (Å²) in [4.78, 5) is 4.45. The Morgan fingerprint density at radius 3 is 2.39 bits per heavy atom. The molecule has 2 N–H and O–H groups in total. The molecular weight excluding hydrogens is 222 g/mol. The SMILES string of the molecule is Cc1cc2ncn(-c3ccc(N)cc3)c2cc1C. The normalized spacial score (nSPS) is 11.0. The average molecular weight is 237 g/mol. The van der Waals surface area contributed by atoms with Gasteiger partial charge in [-0.05, 0) is 61.4 Å². The minimum absolute atomic E-state index is 0.773. The molecule has 90 valence electrons. The molecule has 0 atom stereocenters. The molecule has 0 radical (unpaired) electrons. The average Bonchev–Trinajstić information content (AvgIpc) is 2.74. The number of fused-ring (bicyclic) bond motifs is 1. The zero-order valence-corrected chi connectivity index (χ0v) is 10.5. The van der Waals surface area contributed by atoms with Crippen LogP contribution in [0.15, 0.2) is 42.7 Å². The van der Waals surface area contributed by atoms with Crippen LogP contribution in [0, 0.1) is 13.8 Å². The Morgan fingerprint density at radius 1 is 1.00 bits per heavy atom. The van der Waals surface area contributed by atoms with Gasteiger partial charge in [0.15, 0.2) is 0 Å². The van der Waals surface area contributed by atoms with Gasteiger partial charge in [0.25, 0.3) is 0 Å². The van der Waals surface area contributed by atoms with E-state index in [1.165, 1.54) is 11.1 Å². The molecule has 1 heterocycles. The van der Waals surface area contributed by atoms with Gasteiger partial charge in [-0.25, -0.2) is 4.98 Å².